The maximum absolute atomic E-state index is 11.4. The average molecular weight is 177 g/mol. The molecule has 0 aromatic heterocycles. The summed E-state index contributed by atoms with van der Waals surface area (Å²) in [6, 6.07) is 8.98. The predicted molar refractivity (Wildman–Crippen MR) is 51.3 cm³/mol. The van der Waals surface area contributed by atoms with Crippen molar-refractivity contribution in [1.29, 1.82) is 0 Å². The van der Waals surface area contributed by atoms with E-state index < -0.39 is 0 Å². The van der Waals surface area contributed by atoms with E-state index in [0.29, 0.717) is 5.56 Å². The van der Waals surface area contributed by atoms with E-state index >= 15 is 0 Å². The van der Waals surface area contributed by atoms with Crippen molar-refractivity contribution in [2.45, 2.75) is 20.0 Å². The first-order valence-corrected chi connectivity index (χ1v) is 4.29. The van der Waals surface area contributed by atoms with Gasteiger partial charge in [0.25, 0.3) is 0 Å². The highest BCUT2D eigenvalue weighted by molar-refractivity contribution is 5.89. The number of ether oxygens (including phenoxy) is 1. The highest BCUT2D eigenvalue weighted by atomic mass is 16.5. The molecule has 1 aromatic rings. The van der Waals surface area contributed by atoms with Crippen molar-refractivity contribution in [2.24, 2.45) is 0 Å². The van der Waals surface area contributed by atoms with E-state index in [9.17, 15) is 4.79 Å². The van der Waals surface area contributed by atoms with E-state index in [0.717, 1.165) is 0 Å². The number of hydrogen-bond acceptors (Lipinski definition) is 2. The number of carbonyl (C=O) groups excluding carboxylic acids is 1. The summed E-state index contributed by atoms with van der Waals surface area (Å²) in [5, 5.41) is 0. The minimum Gasteiger partial charge on any atom is -0.459 e. The molecule has 0 spiro atoms. The second-order valence-corrected chi connectivity index (χ2v) is 2.81. The van der Waals surface area contributed by atoms with Crippen LogP contribution in [0.3, 0.4) is 0 Å². The first-order chi connectivity index (χ1) is 6.24. The number of rotatable bonds is 3. The van der Waals surface area contributed by atoms with Crippen LogP contribution in [0.5, 0.6) is 0 Å². The zero-order valence-corrected chi connectivity index (χ0v) is 7.86. The molecule has 0 saturated carbocycles. The molecule has 2 heteroatoms. The van der Waals surface area contributed by atoms with Crippen LogP contribution in [-0.4, -0.2) is 12.1 Å². The fraction of sp³-hybridized carbons (Fsp3) is 0.273. The monoisotopic (exact) mass is 177 g/mol. The fourth-order valence-corrected chi connectivity index (χ4v) is 0.879. The van der Waals surface area contributed by atoms with Crippen molar-refractivity contribution in [3.05, 3.63) is 42.3 Å². The molecule has 0 heterocycles. The summed E-state index contributed by atoms with van der Waals surface area (Å²) in [6.07, 6.45) is 1.70. The van der Waals surface area contributed by atoms with E-state index in [1.54, 1.807) is 12.1 Å². The summed E-state index contributed by atoms with van der Waals surface area (Å²) in [5.41, 5.74) is 0.594. The van der Waals surface area contributed by atoms with Gasteiger partial charge in [-0.1, -0.05) is 25.1 Å². The second kappa shape index (κ2) is 4.65. The SMILES string of the molecule is C[CH][C@@H](C)OC(=O)c1ccccc1. The molecule has 0 aliphatic heterocycles. The Morgan fingerprint density at radius 1 is 1.38 bits per heavy atom. The van der Waals surface area contributed by atoms with Crippen molar-refractivity contribution in [3.8, 4) is 0 Å². The molecule has 0 amide bonds. The Balaban J connectivity index is 2.59. The Hall–Kier alpha value is -1.31. The van der Waals surface area contributed by atoms with Gasteiger partial charge < -0.3 is 4.74 Å². The van der Waals surface area contributed by atoms with Gasteiger partial charge in [-0.3, -0.25) is 0 Å². The Bertz CT molecular complexity index is 267. The predicted octanol–water partition coefficient (Wildman–Crippen LogP) is 2.46. The van der Waals surface area contributed by atoms with Crippen LogP contribution in [0.2, 0.25) is 0 Å². The molecule has 0 unspecified atom stereocenters. The third-order valence-corrected chi connectivity index (χ3v) is 1.77. The van der Waals surface area contributed by atoms with Crippen LogP contribution in [0.15, 0.2) is 30.3 Å². The van der Waals surface area contributed by atoms with E-state index in [4.69, 9.17) is 4.74 Å². The van der Waals surface area contributed by atoms with Crippen molar-refractivity contribution in [1.82, 2.24) is 0 Å². The lowest BCUT2D eigenvalue weighted by Gasteiger charge is -2.09. The minimum atomic E-state index is -0.272. The molecule has 13 heavy (non-hydrogen) atoms. The molecule has 0 bridgehead atoms. The van der Waals surface area contributed by atoms with Crippen LogP contribution in [0.25, 0.3) is 0 Å². The Labute approximate surface area is 78.5 Å². The molecule has 1 aromatic carbocycles. The summed E-state index contributed by atoms with van der Waals surface area (Å²) in [5.74, 6) is -0.272. The van der Waals surface area contributed by atoms with Crippen LogP contribution >= 0.6 is 0 Å². The lowest BCUT2D eigenvalue weighted by Crippen LogP contribution is -2.14. The molecule has 0 aliphatic rings. The van der Waals surface area contributed by atoms with Crippen LogP contribution in [0, 0.1) is 6.42 Å². The summed E-state index contributed by atoms with van der Waals surface area (Å²) in [4.78, 5) is 11.4. The Morgan fingerprint density at radius 2 is 2.00 bits per heavy atom. The van der Waals surface area contributed by atoms with Gasteiger partial charge in [0.05, 0.1) is 5.56 Å². The van der Waals surface area contributed by atoms with Gasteiger partial charge in [0, 0.05) is 0 Å². The lowest BCUT2D eigenvalue weighted by molar-refractivity contribution is 0.0400. The van der Waals surface area contributed by atoms with Gasteiger partial charge >= 0.3 is 5.97 Å². The molecule has 1 atom stereocenters. The van der Waals surface area contributed by atoms with Crippen LogP contribution < -0.4 is 0 Å². The minimum absolute atomic E-state index is 0.132. The lowest BCUT2D eigenvalue weighted by atomic mass is 10.2. The third-order valence-electron chi connectivity index (χ3n) is 1.77. The second-order valence-electron chi connectivity index (χ2n) is 2.81. The zero-order chi connectivity index (χ0) is 9.68. The summed E-state index contributed by atoms with van der Waals surface area (Å²) < 4.78 is 5.09. The van der Waals surface area contributed by atoms with Gasteiger partial charge in [-0.2, -0.15) is 0 Å². The maximum atomic E-state index is 11.4. The molecular weight excluding hydrogens is 164 g/mol. The van der Waals surface area contributed by atoms with E-state index in [1.807, 2.05) is 38.5 Å². The van der Waals surface area contributed by atoms with Gasteiger partial charge in [0.1, 0.15) is 6.10 Å². The summed E-state index contributed by atoms with van der Waals surface area (Å²) in [7, 11) is 0. The molecule has 0 aliphatic carbocycles. The van der Waals surface area contributed by atoms with Crippen molar-refractivity contribution in [2.75, 3.05) is 0 Å². The molecule has 2 nitrogen and oxygen atoms in total. The molecule has 0 N–H and O–H groups in total. The number of benzene rings is 1. The highest BCUT2D eigenvalue weighted by Gasteiger charge is 2.09. The van der Waals surface area contributed by atoms with Crippen molar-refractivity contribution in [3.63, 3.8) is 0 Å². The average Bonchev–Trinajstić information content (AvgIpc) is 2.19. The van der Waals surface area contributed by atoms with Crippen molar-refractivity contribution >= 4 is 5.97 Å². The van der Waals surface area contributed by atoms with Gasteiger partial charge in [-0.05, 0) is 25.5 Å². The van der Waals surface area contributed by atoms with Crippen LogP contribution in [-0.2, 0) is 4.74 Å². The first-order valence-electron chi connectivity index (χ1n) is 4.29. The Morgan fingerprint density at radius 3 is 2.54 bits per heavy atom. The molecular formula is C11H13O2. The van der Waals surface area contributed by atoms with Gasteiger partial charge in [-0.15, -0.1) is 0 Å². The number of carbonyl (C=O) groups is 1. The Kier molecular flexibility index (Phi) is 3.50. The third kappa shape index (κ3) is 2.90. The molecule has 1 rings (SSSR count). The largest absolute Gasteiger partial charge is 0.459 e. The maximum Gasteiger partial charge on any atom is 0.338 e. The number of hydrogen-bond donors (Lipinski definition) is 0. The van der Waals surface area contributed by atoms with Crippen LogP contribution in [0.1, 0.15) is 24.2 Å². The quantitative estimate of drug-likeness (QED) is 0.663. The van der Waals surface area contributed by atoms with E-state index in [2.05, 4.69) is 0 Å². The highest BCUT2D eigenvalue weighted by Crippen LogP contribution is 2.04. The number of esters is 1. The molecule has 1 radical (unpaired) electrons. The summed E-state index contributed by atoms with van der Waals surface area (Å²) in [6.45, 7) is 3.70. The summed E-state index contributed by atoms with van der Waals surface area (Å²) >= 11 is 0. The van der Waals surface area contributed by atoms with E-state index in [1.165, 1.54) is 0 Å². The standard InChI is InChI=1S/C11H13O2/c1-3-9(2)13-11(12)10-7-5-4-6-8-10/h3-9H,1-2H3/t9-/m1/s1. The van der Waals surface area contributed by atoms with Gasteiger partial charge in [0.15, 0.2) is 0 Å². The molecule has 0 fully saturated rings. The first kappa shape index (κ1) is 9.78. The van der Waals surface area contributed by atoms with Gasteiger partial charge in [-0.25, -0.2) is 4.79 Å². The normalized spacial score (nSPS) is 12.2. The smallest absolute Gasteiger partial charge is 0.338 e. The van der Waals surface area contributed by atoms with Crippen LogP contribution in [0.4, 0.5) is 0 Å². The fourth-order valence-electron chi connectivity index (χ4n) is 0.879. The van der Waals surface area contributed by atoms with Crippen molar-refractivity contribution < 1.29 is 9.53 Å². The topological polar surface area (TPSA) is 26.3 Å². The van der Waals surface area contributed by atoms with Gasteiger partial charge in [0.2, 0.25) is 0 Å². The molecule has 0 saturated heterocycles. The molecule has 69 valence electrons. The van der Waals surface area contributed by atoms with E-state index in [-0.39, 0.29) is 12.1 Å². The zero-order valence-electron chi connectivity index (χ0n) is 7.86.